The van der Waals surface area contributed by atoms with E-state index in [0.717, 1.165) is 30.4 Å². The highest BCUT2D eigenvalue weighted by Gasteiger charge is 2.24. The summed E-state index contributed by atoms with van der Waals surface area (Å²) < 4.78 is 0.731. The summed E-state index contributed by atoms with van der Waals surface area (Å²) in [5.41, 5.74) is 6.52. The summed E-state index contributed by atoms with van der Waals surface area (Å²) >= 11 is 3.27. The molecule has 1 aromatic carbocycles. The molecule has 0 spiro atoms. The number of nitro benzene ring substituents is 1. The molecule has 0 aliphatic carbocycles. The van der Waals surface area contributed by atoms with Gasteiger partial charge in [0.2, 0.25) is 0 Å². The molecule has 1 heterocycles. The highest BCUT2D eigenvalue weighted by atomic mass is 79.9. The topological polar surface area (TPSA) is 72.4 Å². The van der Waals surface area contributed by atoms with Gasteiger partial charge in [-0.3, -0.25) is 10.1 Å². The molecule has 98 valence electrons. The van der Waals surface area contributed by atoms with Crippen LogP contribution in [0.15, 0.2) is 22.7 Å². The van der Waals surface area contributed by atoms with E-state index in [0.29, 0.717) is 18.2 Å². The van der Waals surface area contributed by atoms with E-state index in [1.165, 1.54) is 0 Å². The van der Waals surface area contributed by atoms with Crippen LogP contribution in [0.4, 0.5) is 11.4 Å². The molecule has 1 aromatic rings. The molecule has 1 aliphatic heterocycles. The summed E-state index contributed by atoms with van der Waals surface area (Å²) in [5, 5.41) is 11.1. The molecule has 0 unspecified atom stereocenters. The van der Waals surface area contributed by atoms with Crippen molar-refractivity contribution in [1.82, 2.24) is 0 Å². The second kappa shape index (κ2) is 5.67. The first-order chi connectivity index (χ1) is 8.61. The summed E-state index contributed by atoms with van der Waals surface area (Å²) in [4.78, 5) is 12.8. The number of anilines is 1. The summed E-state index contributed by atoms with van der Waals surface area (Å²) in [6, 6.07) is 5.21. The average Bonchev–Trinajstić information content (AvgIpc) is 2.39. The average molecular weight is 314 g/mol. The third-order valence-corrected chi connectivity index (χ3v) is 3.92. The van der Waals surface area contributed by atoms with E-state index in [1.54, 1.807) is 6.07 Å². The normalized spacial score (nSPS) is 16.9. The Morgan fingerprint density at radius 3 is 2.67 bits per heavy atom. The molecule has 0 bridgehead atoms. The van der Waals surface area contributed by atoms with Crippen LogP contribution in [-0.2, 0) is 0 Å². The largest absolute Gasteiger partial charge is 0.366 e. The number of nitro groups is 1. The number of nitrogens with two attached hydrogens (primary N) is 1. The number of hydrogen-bond acceptors (Lipinski definition) is 4. The van der Waals surface area contributed by atoms with Gasteiger partial charge in [-0.15, -0.1) is 0 Å². The zero-order valence-electron chi connectivity index (χ0n) is 10.0. The quantitative estimate of drug-likeness (QED) is 0.687. The fraction of sp³-hybridized carbons (Fsp3) is 0.500. The van der Waals surface area contributed by atoms with E-state index in [-0.39, 0.29) is 10.6 Å². The minimum Gasteiger partial charge on any atom is -0.366 e. The van der Waals surface area contributed by atoms with Crippen molar-refractivity contribution in [3.05, 3.63) is 32.8 Å². The predicted octanol–water partition coefficient (Wildman–Crippen LogP) is 2.53. The first-order valence-electron chi connectivity index (χ1n) is 6.00. The summed E-state index contributed by atoms with van der Waals surface area (Å²) in [7, 11) is 0. The van der Waals surface area contributed by atoms with E-state index >= 15 is 0 Å². The monoisotopic (exact) mass is 313 g/mol. The van der Waals surface area contributed by atoms with Crippen molar-refractivity contribution < 1.29 is 4.92 Å². The van der Waals surface area contributed by atoms with E-state index < -0.39 is 0 Å². The van der Waals surface area contributed by atoms with Crippen LogP contribution in [0.3, 0.4) is 0 Å². The lowest BCUT2D eigenvalue weighted by atomic mass is 9.96. The van der Waals surface area contributed by atoms with Crippen molar-refractivity contribution in [2.75, 3.05) is 24.5 Å². The van der Waals surface area contributed by atoms with Crippen LogP contribution in [0.1, 0.15) is 12.8 Å². The van der Waals surface area contributed by atoms with Gasteiger partial charge < -0.3 is 10.6 Å². The summed E-state index contributed by atoms with van der Waals surface area (Å²) in [5.74, 6) is 0.552. The Kier molecular flexibility index (Phi) is 4.19. The maximum Gasteiger partial charge on any atom is 0.293 e. The molecular weight excluding hydrogens is 298 g/mol. The Bertz CT molecular complexity index is 445. The van der Waals surface area contributed by atoms with E-state index in [2.05, 4.69) is 20.8 Å². The fourth-order valence-corrected chi connectivity index (χ4v) is 2.67. The molecule has 5 nitrogen and oxygen atoms in total. The maximum atomic E-state index is 11.1. The molecule has 2 N–H and O–H groups in total. The molecule has 0 aromatic heterocycles. The van der Waals surface area contributed by atoms with Crippen molar-refractivity contribution in [3.8, 4) is 0 Å². The van der Waals surface area contributed by atoms with Crippen LogP contribution in [0.2, 0.25) is 0 Å². The molecule has 0 saturated carbocycles. The number of piperidine rings is 1. The van der Waals surface area contributed by atoms with Gasteiger partial charge in [0.05, 0.1) is 4.92 Å². The van der Waals surface area contributed by atoms with Crippen LogP contribution < -0.4 is 10.6 Å². The number of rotatable bonds is 3. The third-order valence-electron chi connectivity index (χ3n) is 3.42. The molecule has 6 heteroatoms. The number of hydrogen-bond donors (Lipinski definition) is 1. The molecule has 1 fully saturated rings. The number of nitrogens with zero attached hydrogens (tertiary/aromatic N) is 2. The molecule has 0 radical (unpaired) electrons. The van der Waals surface area contributed by atoms with Crippen LogP contribution in [-0.4, -0.2) is 24.6 Å². The zero-order valence-corrected chi connectivity index (χ0v) is 11.6. The molecule has 0 amide bonds. The Morgan fingerprint density at radius 2 is 2.11 bits per heavy atom. The highest BCUT2D eigenvalue weighted by molar-refractivity contribution is 9.10. The second-order valence-corrected chi connectivity index (χ2v) is 5.47. The van der Waals surface area contributed by atoms with Crippen LogP contribution in [0.5, 0.6) is 0 Å². The third kappa shape index (κ3) is 2.81. The van der Waals surface area contributed by atoms with Gasteiger partial charge in [-0.1, -0.05) is 15.9 Å². The lowest BCUT2D eigenvalue weighted by molar-refractivity contribution is -0.384. The molecular formula is C12H16BrN3O2. The van der Waals surface area contributed by atoms with E-state index in [4.69, 9.17) is 5.73 Å². The highest BCUT2D eigenvalue weighted by Crippen LogP contribution is 2.33. The van der Waals surface area contributed by atoms with Gasteiger partial charge in [0, 0.05) is 23.6 Å². The molecule has 0 atom stereocenters. The SMILES string of the molecule is NCC1CCN(c2ccc(Br)cc2[N+](=O)[O-])CC1. The zero-order chi connectivity index (χ0) is 13.1. The van der Waals surface area contributed by atoms with E-state index in [9.17, 15) is 10.1 Å². The van der Waals surface area contributed by atoms with Gasteiger partial charge in [0.1, 0.15) is 5.69 Å². The Morgan fingerprint density at radius 1 is 1.44 bits per heavy atom. The molecule has 2 rings (SSSR count). The fourth-order valence-electron chi connectivity index (χ4n) is 2.32. The minimum atomic E-state index is -0.324. The van der Waals surface area contributed by atoms with Crippen molar-refractivity contribution in [2.45, 2.75) is 12.8 Å². The van der Waals surface area contributed by atoms with Crippen molar-refractivity contribution >= 4 is 27.3 Å². The lowest BCUT2D eigenvalue weighted by Gasteiger charge is -2.32. The van der Waals surface area contributed by atoms with Gasteiger partial charge in [-0.05, 0) is 37.4 Å². The molecule has 1 saturated heterocycles. The van der Waals surface area contributed by atoms with Gasteiger partial charge >= 0.3 is 0 Å². The van der Waals surface area contributed by atoms with Gasteiger partial charge in [0.25, 0.3) is 5.69 Å². The lowest BCUT2D eigenvalue weighted by Crippen LogP contribution is -2.36. The first-order valence-corrected chi connectivity index (χ1v) is 6.80. The molecule has 1 aliphatic rings. The van der Waals surface area contributed by atoms with E-state index in [1.807, 2.05) is 12.1 Å². The second-order valence-electron chi connectivity index (χ2n) is 4.56. The summed E-state index contributed by atoms with van der Waals surface area (Å²) in [6.45, 7) is 2.38. The van der Waals surface area contributed by atoms with Crippen molar-refractivity contribution in [1.29, 1.82) is 0 Å². The number of halogens is 1. The Balaban J connectivity index is 2.21. The minimum absolute atomic E-state index is 0.163. The van der Waals surface area contributed by atoms with Crippen LogP contribution >= 0.6 is 15.9 Å². The molecule has 18 heavy (non-hydrogen) atoms. The summed E-state index contributed by atoms with van der Waals surface area (Å²) in [6.07, 6.45) is 2.01. The smallest absolute Gasteiger partial charge is 0.293 e. The standard InChI is InChI=1S/C12H16BrN3O2/c13-10-1-2-11(12(7-10)16(17)18)15-5-3-9(8-14)4-6-15/h1-2,7,9H,3-6,8,14H2. The Labute approximate surface area is 114 Å². The first kappa shape index (κ1) is 13.3. The van der Waals surface area contributed by atoms with Crippen molar-refractivity contribution in [2.24, 2.45) is 11.7 Å². The van der Waals surface area contributed by atoms with Crippen molar-refractivity contribution in [3.63, 3.8) is 0 Å². The van der Waals surface area contributed by atoms with Gasteiger partial charge in [-0.2, -0.15) is 0 Å². The Hall–Kier alpha value is -1.14. The van der Waals surface area contributed by atoms with Gasteiger partial charge in [-0.25, -0.2) is 0 Å². The van der Waals surface area contributed by atoms with Crippen LogP contribution in [0, 0.1) is 16.0 Å². The number of benzene rings is 1. The maximum absolute atomic E-state index is 11.1. The van der Waals surface area contributed by atoms with Gasteiger partial charge in [0.15, 0.2) is 0 Å². The van der Waals surface area contributed by atoms with Crippen LogP contribution in [0.25, 0.3) is 0 Å². The predicted molar refractivity (Wildman–Crippen MR) is 74.8 cm³/mol.